The summed E-state index contributed by atoms with van der Waals surface area (Å²) < 4.78 is 0. The van der Waals surface area contributed by atoms with Gasteiger partial charge in [0.1, 0.15) is 0 Å². The van der Waals surface area contributed by atoms with E-state index in [1.54, 1.807) is 0 Å². The molecule has 2 nitrogen and oxygen atoms in total. The van der Waals surface area contributed by atoms with Crippen LogP contribution in [0.4, 0.5) is 0 Å². The Bertz CT molecular complexity index is 487. The minimum absolute atomic E-state index is 0.490. The lowest BCUT2D eigenvalue weighted by molar-refractivity contribution is -0.0355. The van der Waals surface area contributed by atoms with E-state index in [1.165, 1.54) is 41.6 Å². The molecule has 1 N–H and O–H groups in total. The van der Waals surface area contributed by atoms with Crippen molar-refractivity contribution in [2.45, 2.75) is 64.5 Å². The fourth-order valence-electron chi connectivity index (χ4n) is 4.29. The van der Waals surface area contributed by atoms with E-state index in [9.17, 15) is 5.11 Å². The molecule has 0 spiro atoms. The van der Waals surface area contributed by atoms with Gasteiger partial charge in [0.25, 0.3) is 0 Å². The number of benzene rings is 1. The minimum Gasteiger partial charge on any atom is -0.389 e. The van der Waals surface area contributed by atoms with Crippen LogP contribution in [0.2, 0.25) is 0 Å². The van der Waals surface area contributed by atoms with Gasteiger partial charge in [0, 0.05) is 19.0 Å². The van der Waals surface area contributed by atoms with Crippen molar-refractivity contribution >= 4 is 0 Å². The first-order valence-electron chi connectivity index (χ1n) is 8.00. The molecule has 2 fully saturated rings. The molecule has 0 saturated carbocycles. The highest BCUT2D eigenvalue weighted by atomic mass is 16.3. The van der Waals surface area contributed by atoms with Crippen LogP contribution in [-0.4, -0.2) is 34.7 Å². The number of hydrogen-bond acceptors (Lipinski definition) is 2. The van der Waals surface area contributed by atoms with Crippen LogP contribution in [0.3, 0.4) is 0 Å². The molecular weight excluding hydrogens is 246 g/mol. The van der Waals surface area contributed by atoms with Gasteiger partial charge in [-0.15, -0.1) is 0 Å². The normalized spacial score (nSPS) is 30.5. The summed E-state index contributed by atoms with van der Waals surface area (Å²) in [6.45, 7) is 8.83. The molecule has 2 saturated heterocycles. The third-order valence-corrected chi connectivity index (χ3v) is 5.33. The fraction of sp³-hybridized carbons (Fsp3) is 0.667. The molecule has 1 aromatic carbocycles. The van der Waals surface area contributed by atoms with Crippen molar-refractivity contribution < 1.29 is 5.11 Å². The molecule has 0 amide bonds. The molecule has 0 bridgehead atoms. The summed E-state index contributed by atoms with van der Waals surface area (Å²) in [5.41, 5.74) is 4.87. The highest BCUT2D eigenvalue weighted by molar-refractivity contribution is 5.38. The monoisotopic (exact) mass is 273 g/mol. The average Bonchev–Trinajstić information content (AvgIpc) is 2.80. The number of aliphatic hydroxyl groups is 1. The Morgan fingerprint density at radius 2 is 1.90 bits per heavy atom. The second-order valence-electron chi connectivity index (χ2n) is 7.06. The van der Waals surface area contributed by atoms with Gasteiger partial charge in [-0.2, -0.15) is 0 Å². The Labute approximate surface area is 122 Å². The van der Waals surface area contributed by atoms with Gasteiger partial charge < -0.3 is 10.0 Å². The summed E-state index contributed by atoms with van der Waals surface area (Å²) in [6.07, 6.45) is 5.29. The number of rotatable bonds is 2. The smallest absolute Gasteiger partial charge is 0.0715 e. The van der Waals surface area contributed by atoms with E-state index in [-0.39, 0.29) is 0 Å². The number of fused-ring (bicyclic) bond motifs is 1. The van der Waals surface area contributed by atoms with Gasteiger partial charge in [-0.25, -0.2) is 0 Å². The van der Waals surface area contributed by atoms with Gasteiger partial charge in [-0.05, 0) is 69.7 Å². The van der Waals surface area contributed by atoms with E-state index in [1.807, 2.05) is 0 Å². The van der Waals surface area contributed by atoms with Crippen LogP contribution in [0.15, 0.2) is 12.1 Å². The molecule has 3 rings (SSSR count). The number of piperidine rings is 1. The van der Waals surface area contributed by atoms with Gasteiger partial charge in [0.2, 0.25) is 0 Å². The Kier molecular flexibility index (Phi) is 3.64. The van der Waals surface area contributed by atoms with Crippen molar-refractivity contribution in [2.24, 2.45) is 0 Å². The van der Waals surface area contributed by atoms with Gasteiger partial charge in [-0.1, -0.05) is 17.7 Å². The molecular formula is C18H27NO. The topological polar surface area (TPSA) is 23.5 Å². The second kappa shape index (κ2) is 5.16. The fourth-order valence-corrected chi connectivity index (χ4v) is 4.29. The number of aryl methyl sites for hydroxylation is 3. The Morgan fingerprint density at radius 3 is 2.60 bits per heavy atom. The summed E-state index contributed by atoms with van der Waals surface area (Å²) in [4.78, 5) is 2.57. The van der Waals surface area contributed by atoms with Crippen molar-refractivity contribution in [2.75, 3.05) is 13.1 Å². The van der Waals surface area contributed by atoms with Crippen LogP contribution in [-0.2, 0) is 6.42 Å². The maximum Gasteiger partial charge on any atom is 0.0715 e. The molecule has 110 valence electrons. The van der Waals surface area contributed by atoms with E-state index < -0.39 is 5.60 Å². The summed E-state index contributed by atoms with van der Waals surface area (Å²) in [5.74, 6) is 0. The quantitative estimate of drug-likeness (QED) is 0.895. The lowest BCUT2D eigenvalue weighted by Gasteiger charge is -2.41. The highest BCUT2D eigenvalue weighted by Crippen LogP contribution is 2.36. The van der Waals surface area contributed by atoms with Crippen molar-refractivity contribution in [3.63, 3.8) is 0 Å². The van der Waals surface area contributed by atoms with Crippen LogP contribution in [0.25, 0.3) is 0 Å². The maximum atomic E-state index is 11.1. The number of nitrogens with zero attached hydrogens (tertiary/aromatic N) is 1. The van der Waals surface area contributed by atoms with Crippen LogP contribution in [0.1, 0.15) is 47.9 Å². The first-order valence-corrected chi connectivity index (χ1v) is 8.00. The molecule has 2 unspecified atom stereocenters. The zero-order chi connectivity index (χ0) is 14.3. The lowest BCUT2D eigenvalue weighted by Crippen LogP contribution is -2.48. The highest BCUT2D eigenvalue weighted by Gasteiger charge is 2.40. The zero-order valence-electron chi connectivity index (χ0n) is 13.1. The maximum absolute atomic E-state index is 11.1. The van der Waals surface area contributed by atoms with E-state index in [2.05, 4.69) is 37.8 Å². The van der Waals surface area contributed by atoms with Gasteiger partial charge in [0.05, 0.1) is 5.60 Å². The Hall–Kier alpha value is -0.860. The van der Waals surface area contributed by atoms with E-state index in [0.29, 0.717) is 6.04 Å². The summed E-state index contributed by atoms with van der Waals surface area (Å²) in [6, 6.07) is 5.12. The molecule has 0 radical (unpaired) electrons. The molecule has 20 heavy (non-hydrogen) atoms. The van der Waals surface area contributed by atoms with Gasteiger partial charge >= 0.3 is 0 Å². The molecule has 2 heterocycles. The predicted octanol–water partition coefficient (Wildman–Crippen LogP) is 3.14. The summed E-state index contributed by atoms with van der Waals surface area (Å²) >= 11 is 0. The first-order chi connectivity index (χ1) is 9.47. The minimum atomic E-state index is -0.490. The van der Waals surface area contributed by atoms with E-state index >= 15 is 0 Å². The van der Waals surface area contributed by atoms with Crippen LogP contribution >= 0.6 is 0 Å². The number of hydrogen-bond donors (Lipinski definition) is 1. The molecule has 2 aliphatic heterocycles. The van der Waals surface area contributed by atoms with Crippen LogP contribution in [0, 0.1) is 20.8 Å². The van der Waals surface area contributed by atoms with Gasteiger partial charge in [0.15, 0.2) is 0 Å². The SMILES string of the molecule is Cc1cc(C)c(CC2(O)CCN3CCCC3C2)c(C)c1. The first kappa shape index (κ1) is 14.1. The summed E-state index contributed by atoms with van der Waals surface area (Å²) in [7, 11) is 0. The van der Waals surface area contributed by atoms with Gasteiger partial charge in [-0.3, -0.25) is 0 Å². The second-order valence-corrected chi connectivity index (χ2v) is 7.06. The van der Waals surface area contributed by atoms with Crippen LogP contribution in [0.5, 0.6) is 0 Å². The Morgan fingerprint density at radius 1 is 1.20 bits per heavy atom. The van der Waals surface area contributed by atoms with Crippen LogP contribution < -0.4 is 0 Å². The van der Waals surface area contributed by atoms with E-state index in [0.717, 1.165) is 25.8 Å². The predicted molar refractivity (Wildman–Crippen MR) is 83.1 cm³/mol. The molecule has 0 aliphatic carbocycles. The molecule has 0 aromatic heterocycles. The third-order valence-electron chi connectivity index (χ3n) is 5.33. The van der Waals surface area contributed by atoms with Crippen molar-refractivity contribution in [3.8, 4) is 0 Å². The third kappa shape index (κ3) is 2.64. The Balaban J connectivity index is 1.80. The zero-order valence-corrected chi connectivity index (χ0v) is 13.1. The van der Waals surface area contributed by atoms with Crippen molar-refractivity contribution in [1.29, 1.82) is 0 Å². The molecule has 2 aliphatic rings. The largest absolute Gasteiger partial charge is 0.389 e. The van der Waals surface area contributed by atoms with Crippen molar-refractivity contribution in [3.05, 3.63) is 34.4 Å². The molecule has 2 heteroatoms. The average molecular weight is 273 g/mol. The van der Waals surface area contributed by atoms with E-state index in [4.69, 9.17) is 0 Å². The molecule has 2 atom stereocenters. The summed E-state index contributed by atoms with van der Waals surface area (Å²) in [5, 5.41) is 11.1. The standard InChI is InChI=1S/C18H27NO/c1-13-9-14(2)17(15(3)10-13)12-18(20)6-8-19-7-4-5-16(19)11-18/h9-10,16,20H,4-8,11-12H2,1-3H3. The lowest BCUT2D eigenvalue weighted by atomic mass is 9.80. The van der Waals surface area contributed by atoms with Crippen molar-refractivity contribution in [1.82, 2.24) is 4.90 Å². The molecule has 1 aromatic rings.